The van der Waals surface area contributed by atoms with Crippen molar-refractivity contribution < 1.29 is 25.2 Å². The summed E-state index contributed by atoms with van der Waals surface area (Å²) in [5.74, 6) is 1.16. The number of ether oxygens (including phenoxy) is 1. The van der Waals surface area contributed by atoms with Crippen molar-refractivity contribution in [3.63, 3.8) is 0 Å². The van der Waals surface area contributed by atoms with Gasteiger partial charge in [0, 0.05) is 28.8 Å². The first-order chi connectivity index (χ1) is 25.1. The zero-order valence-corrected chi connectivity index (χ0v) is 29.6. The maximum atomic E-state index is 6.58. The summed E-state index contributed by atoms with van der Waals surface area (Å²) >= 11 is 0. The standard InChI is InChI=1S/C45H27N5O.Pd/c1-26-10-7-11-27(2)41(26)33-13-8-12-32-30-21-19-28(24-34(30)45-48-37-15-4-6-17-39(37)50(45)43(32)33)51-29-20-22-31-35(25-29)44-47-36-14-3-5-16-38(36)49(44)40-18-9-23-46-42(31)40;/h3-23H,1-2H3;/q-2;+2. The van der Waals surface area contributed by atoms with Gasteiger partial charge in [-0.1, -0.05) is 106 Å². The topological polar surface area (TPSA) is 56.7 Å². The third kappa shape index (κ3) is 4.30. The Labute approximate surface area is 311 Å². The Kier molecular flexibility index (Phi) is 6.75. The van der Waals surface area contributed by atoms with Gasteiger partial charge in [0.15, 0.2) is 0 Å². The number of hydrogen-bond acceptors (Lipinski definition) is 4. The van der Waals surface area contributed by atoms with Crippen molar-refractivity contribution in [2.75, 3.05) is 0 Å². The molecule has 0 aliphatic carbocycles. The van der Waals surface area contributed by atoms with Gasteiger partial charge < -0.3 is 13.5 Å². The van der Waals surface area contributed by atoms with E-state index in [1.165, 1.54) is 22.3 Å². The van der Waals surface area contributed by atoms with E-state index in [2.05, 4.69) is 114 Å². The molecule has 0 amide bonds. The van der Waals surface area contributed by atoms with Crippen molar-refractivity contribution in [1.29, 1.82) is 0 Å². The average Bonchev–Trinajstić information content (AvgIpc) is 3.75. The molecule has 6 aromatic carbocycles. The van der Waals surface area contributed by atoms with Gasteiger partial charge in [0.1, 0.15) is 0 Å². The molecule has 52 heavy (non-hydrogen) atoms. The van der Waals surface area contributed by atoms with E-state index in [4.69, 9.17) is 19.7 Å². The van der Waals surface area contributed by atoms with Gasteiger partial charge in [0.2, 0.25) is 0 Å². The van der Waals surface area contributed by atoms with Crippen LogP contribution in [0.4, 0.5) is 0 Å². The smallest absolute Gasteiger partial charge is 0.497 e. The van der Waals surface area contributed by atoms with Crippen LogP contribution in [0.5, 0.6) is 11.5 Å². The largest absolute Gasteiger partial charge is 2.00 e. The number of fused-ring (bicyclic) bond motifs is 16. The summed E-state index contributed by atoms with van der Waals surface area (Å²) < 4.78 is 11.1. The number of imidazole rings is 2. The van der Waals surface area contributed by atoms with Crippen LogP contribution in [-0.4, -0.2) is 23.8 Å². The maximum Gasteiger partial charge on any atom is 2.00 e. The number of aromatic nitrogens is 5. The van der Waals surface area contributed by atoms with Crippen molar-refractivity contribution in [1.82, 2.24) is 23.8 Å². The number of rotatable bonds is 3. The number of hydrogen-bond donors (Lipinski definition) is 0. The molecule has 6 nitrogen and oxygen atoms in total. The van der Waals surface area contributed by atoms with Crippen molar-refractivity contribution in [2.45, 2.75) is 13.8 Å². The Morgan fingerprint density at radius 1 is 0.538 bits per heavy atom. The number of aryl methyl sites for hydroxylation is 2. The quantitative estimate of drug-likeness (QED) is 0.102. The van der Waals surface area contributed by atoms with Crippen molar-refractivity contribution in [2.24, 2.45) is 0 Å². The molecule has 0 N–H and O–H groups in total. The molecule has 0 bridgehead atoms. The first-order valence-corrected chi connectivity index (χ1v) is 17.0. The minimum absolute atomic E-state index is 0. The number of pyridine rings is 3. The normalized spacial score (nSPS) is 11.9. The molecule has 0 atom stereocenters. The molecule has 0 radical (unpaired) electrons. The minimum atomic E-state index is 0. The van der Waals surface area contributed by atoms with E-state index in [-0.39, 0.29) is 20.4 Å². The van der Waals surface area contributed by atoms with E-state index in [1.807, 2.05) is 48.7 Å². The molecule has 0 aliphatic heterocycles. The van der Waals surface area contributed by atoms with Crippen molar-refractivity contribution in [3.8, 4) is 22.6 Å². The van der Waals surface area contributed by atoms with E-state index in [0.29, 0.717) is 11.5 Å². The fraction of sp³-hybridized carbons (Fsp3) is 0.0444. The second-order valence-corrected chi connectivity index (χ2v) is 13.2. The van der Waals surface area contributed by atoms with Crippen LogP contribution in [0.25, 0.3) is 88.0 Å². The Hall–Kier alpha value is -6.13. The van der Waals surface area contributed by atoms with Crippen LogP contribution in [0, 0.1) is 26.0 Å². The summed E-state index contributed by atoms with van der Waals surface area (Å²) in [6.07, 6.45) is 1.83. The predicted molar refractivity (Wildman–Crippen MR) is 206 cm³/mol. The van der Waals surface area contributed by atoms with Crippen LogP contribution in [0.1, 0.15) is 11.1 Å². The minimum Gasteiger partial charge on any atom is -0.497 e. The monoisotopic (exact) mass is 759 g/mol. The molecule has 5 aromatic heterocycles. The van der Waals surface area contributed by atoms with Gasteiger partial charge >= 0.3 is 20.4 Å². The van der Waals surface area contributed by atoms with E-state index >= 15 is 0 Å². The second kappa shape index (κ2) is 11.4. The van der Waals surface area contributed by atoms with Gasteiger partial charge in [-0.3, -0.25) is 15.0 Å². The molecule has 0 saturated carbocycles. The third-order valence-electron chi connectivity index (χ3n) is 10.2. The van der Waals surface area contributed by atoms with Gasteiger partial charge in [-0.25, -0.2) is 0 Å². The van der Waals surface area contributed by atoms with Crippen LogP contribution >= 0.6 is 0 Å². The van der Waals surface area contributed by atoms with E-state index in [1.54, 1.807) is 0 Å². The fourth-order valence-electron chi connectivity index (χ4n) is 8.05. The van der Waals surface area contributed by atoms with Gasteiger partial charge in [-0.05, 0) is 72.3 Å². The van der Waals surface area contributed by atoms with Crippen molar-refractivity contribution in [3.05, 3.63) is 151 Å². The molecule has 0 fully saturated rings. The van der Waals surface area contributed by atoms with E-state index < -0.39 is 0 Å². The van der Waals surface area contributed by atoms with Gasteiger partial charge in [-0.15, -0.1) is 12.1 Å². The summed E-state index contributed by atoms with van der Waals surface area (Å²) in [7, 11) is 0. The molecule has 5 heterocycles. The molecule has 0 unspecified atom stereocenters. The summed E-state index contributed by atoms with van der Waals surface area (Å²) in [4.78, 5) is 15.0. The molecule has 0 spiro atoms. The van der Waals surface area contributed by atoms with Crippen LogP contribution in [-0.2, 0) is 20.4 Å². The van der Waals surface area contributed by atoms with E-state index in [0.717, 1.165) is 76.8 Å². The van der Waals surface area contributed by atoms with Gasteiger partial charge in [0.05, 0.1) is 44.4 Å². The Morgan fingerprint density at radius 3 is 1.87 bits per heavy atom. The number of nitrogens with zero attached hydrogens (tertiary/aromatic N) is 5. The third-order valence-corrected chi connectivity index (χ3v) is 10.2. The first kappa shape index (κ1) is 30.7. The Balaban J connectivity index is 0.00000338. The second-order valence-electron chi connectivity index (χ2n) is 13.2. The van der Waals surface area contributed by atoms with Crippen LogP contribution in [0.3, 0.4) is 0 Å². The summed E-state index contributed by atoms with van der Waals surface area (Å²) in [6.45, 7) is 4.37. The number of benzene rings is 6. The van der Waals surface area contributed by atoms with Gasteiger partial charge in [-0.2, -0.15) is 0 Å². The molecular formula is C45H27N5OPd. The fourth-order valence-corrected chi connectivity index (χ4v) is 8.05. The summed E-state index contributed by atoms with van der Waals surface area (Å²) in [6, 6.07) is 49.0. The predicted octanol–water partition coefficient (Wildman–Crippen LogP) is 11.0. The SMILES string of the molecule is Cc1cccc(C)c1-c1cccc2c3ccc(Oc4[c-]c5c(cc4)c4ncccc4n4c6ccccc6nc54)[c-]c3c3nc4ccccc4n3c12.[Pd+2]. The molecule has 248 valence electrons. The zero-order valence-electron chi connectivity index (χ0n) is 28.1. The van der Waals surface area contributed by atoms with Crippen LogP contribution in [0.15, 0.2) is 128 Å². The maximum absolute atomic E-state index is 6.58. The molecule has 11 rings (SSSR count). The summed E-state index contributed by atoms with van der Waals surface area (Å²) in [5.41, 5.74) is 13.5. The van der Waals surface area contributed by atoms with Crippen LogP contribution < -0.4 is 4.74 Å². The van der Waals surface area contributed by atoms with E-state index in [9.17, 15) is 0 Å². The van der Waals surface area contributed by atoms with Crippen molar-refractivity contribution >= 4 is 76.8 Å². The molecular weight excluding hydrogens is 733 g/mol. The molecule has 11 aromatic rings. The molecule has 7 heteroatoms. The zero-order chi connectivity index (χ0) is 33.8. The Morgan fingerprint density at radius 2 is 1.13 bits per heavy atom. The first-order valence-electron chi connectivity index (χ1n) is 17.0. The number of para-hydroxylation sites is 5. The van der Waals surface area contributed by atoms with Gasteiger partial charge in [0.25, 0.3) is 0 Å². The molecule has 0 aliphatic rings. The average molecular weight is 760 g/mol. The summed E-state index contributed by atoms with van der Waals surface area (Å²) in [5, 5.41) is 4.92. The molecule has 0 saturated heterocycles. The Bertz CT molecular complexity index is 3250. The van der Waals surface area contributed by atoms with Crippen LogP contribution in [0.2, 0.25) is 0 Å².